The van der Waals surface area contributed by atoms with Crippen molar-refractivity contribution in [3.63, 3.8) is 0 Å². The largest absolute Gasteiger partial charge is 0.392 e. The first-order valence-corrected chi connectivity index (χ1v) is 11.8. The Bertz CT molecular complexity index is 1210. The fourth-order valence-corrected chi connectivity index (χ4v) is 7.41. The van der Waals surface area contributed by atoms with E-state index in [9.17, 15) is 31.5 Å². The summed E-state index contributed by atoms with van der Waals surface area (Å²) in [4.78, 5) is 12.4. The van der Waals surface area contributed by atoms with E-state index < -0.39 is 38.4 Å². The average Bonchev–Trinajstić information content (AvgIpc) is 3.03. The third kappa shape index (κ3) is 4.04. The van der Waals surface area contributed by atoms with E-state index in [0.717, 1.165) is 11.6 Å². The van der Waals surface area contributed by atoms with Crippen molar-refractivity contribution in [1.82, 2.24) is 0 Å². The van der Waals surface area contributed by atoms with Crippen LogP contribution in [0.4, 0.5) is 18.9 Å². The Morgan fingerprint density at radius 2 is 1.81 bits per heavy atom. The SMILES string of the molecule is O=C(Nc1cc(F)c(F)c(F)c1)c1ccc(Cl)c(S(=O)(=O)[C@@H]2C3C=C(CO)CC2CC3)c1. The number of rotatable bonds is 5. The number of hydrogen-bond acceptors (Lipinski definition) is 4. The summed E-state index contributed by atoms with van der Waals surface area (Å²) in [5.74, 6) is -5.85. The third-order valence-corrected chi connectivity index (χ3v) is 8.88. The molecule has 2 N–H and O–H groups in total. The van der Waals surface area contributed by atoms with Gasteiger partial charge in [-0.3, -0.25) is 4.79 Å². The molecule has 0 saturated heterocycles. The molecule has 2 aromatic carbocycles. The summed E-state index contributed by atoms with van der Waals surface area (Å²) in [6, 6.07) is 4.93. The lowest BCUT2D eigenvalue weighted by molar-refractivity contribution is 0.102. The summed E-state index contributed by atoms with van der Waals surface area (Å²) in [6.07, 6.45) is 3.68. The van der Waals surface area contributed by atoms with Crippen LogP contribution in [0.2, 0.25) is 5.02 Å². The van der Waals surface area contributed by atoms with E-state index in [-0.39, 0.29) is 39.6 Å². The van der Waals surface area contributed by atoms with Crippen molar-refractivity contribution in [2.75, 3.05) is 11.9 Å². The van der Waals surface area contributed by atoms with Gasteiger partial charge in [0.2, 0.25) is 0 Å². The number of carbonyl (C=O) groups excluding carboxylic acids is 1. The predicted octanol–water partition coefficient (Wildman–Crippen LogP) is 4.50. The Kier molecular flexibility index (Phi) is 6.08. The molecule has 10 heteroatoms. The Morgan fingerprint density at radius 3 is 2.44 bits per heavy atom. The highest BCUT2D eigenvalue weighted by Gasteiger charge is 2.47. The van der Waals surface area contributed by atoms with Gasteiger partial charge in [-0.1, -0.05) is 17.7 Å². The average molecular weight is 486 g/mol. The van der Waals surface area contributed by atoms with E-state index in [2.05, 4.69) is 5.32 Å². The minimum absolute atomic E-state index is 0.0447. The summed E-state index contributed by atoms with van der Waals surface area (Å²) in [5.41, 5.74) is 0.410. The fraction of sp³-hybridized carbons (Fsp3) is 0.318. The van der Waals surface area contributed by atoms with Crippen LogP contribution in [0.15, 0.2) is 46.9 Å². The highest BCUT2D eigenvalue weighted by Crippen LogP contribution is 2.47. The topological polar surface area (TPSA) is 83.5 Å². The molecule has 0 spiro atoms. The van der Waals surface area contributed by atoms with Gasteiger partial charge in [-0.2, -0.15) is 0 Å². The number of carbonyl (C=O) groups is 1. The highest BCUT2D eigenvalue weighted by atomic mass is 35.5. The van der Waals surface area contributed by atoms with Gasteiger partial charge < -0.3 is 10.4 Å². The van der Waals surface area contributed by atoms with Gasteiger partial charge >= 0.3 is 0 Å². The highest BCUT2D eigenvalue weighted by molar-refractivity contribution is 7.92. The van der Waals surface area contributed by atoms with Crippen LogP contribution in [-0.4, -0.2) is 31.3 Å². The van der Waals surface area contributed by atoms with Gasteiger partial charge in [-0.05, 0) is 54.9 Å². The molecule has 2 aromatic rings. The van der Waals surface area contributed by atoms with Gasteiger partial charge in [-0.25, -0.2) is 21.6 Å². The summed E-state index contributed by atoms with van der Waals surface area (Å²) in [6.45, 7) is -0.110. The number of nitrogens with one attached hydrogen (secondary N) is 1. The standard InChI is InChI=1S/C22H19ClF3NO4S/c23-16-4-3-14(22(29)27-15-8-17(24)20(26)18(25)9-15)7-19(16)32(30,31)21-12-1-2-13(21)6-11(5-12)10-28/h3-5,7-9,12-13,21,28H,1-2,6,10H2,(H,27,29)/t12?,13?,21-/m1/s1. The molecule has 0 heterocycles. The quantitative estimate of drug-likeness (QED) is 0.482. The Labute approximate surface area is 187 Å². The Hall–Kier alpha value is -2.36. The smallest absolute Gasteiger partial charge is 0.255 e. The maximum absolute atomic E-state index is 13.5. The van der Waals surface area contributed by atoms with Crippen LogP contribution in [0.5, 0.6) is 0 Å². The van der Waals surface area contributed by atoms with E-state index in [1.807, 2.05) is 6.08 Å². The van der Waals surface area contributed by atoms with Crippen LogP contribution in [0, 0.1) is 29.3 Å². The number of benzene rings is 2. The maximum Gasteiger partial charge on any atom is 0.255 e. The van der Waals surface area contributed by atoms with Crippen molar-refractivity contribution >= 4 is 33.0 Å². The fourth-order valence-electron chi connectivity index (χ4n) is 4.63. The van der Waals surface area contributed by atoms with Gasteiger partial charge in [0.25, 0.3) is 5.91 Å². The maximum atomic E-state index is 13.5. The lowest BCUT2D eigenvalue weighted by Gasteiger charge is -2.29. The van der Waals surface area contributed by atoms with Crippen LogP contribution in [0.1, 0.15) is 29.6 Å². The van der Waals surface area contributed by atoms with Crippen LogP contribution >= 0.6 is 11.6 Å². The first-order chi connectivity index (χ1) is 15.1. The van der Waals surface area contributed by atoms with E-state index >= 15 is 0 Å². The minimum Gasteiger partial charge on any atom is -0.392 e. The number of aliphatic hydroxyl groups excluding tert-OH is 1. The second kappa shape index (κ2) is 8.53. The molecule has 5 nitrogen and oxygen atoms in total. The van der Waals surface area contributed by atoms with Gasteiger partial charge in [0.05, 0.1) is 21.8 Å². The molecule has 32 heavy (non-hydrogen) atoms. The number of fused-ring (bicyclic) bond motifs is 2. The van der Waals surface area contributed by atoms with Crippen molar-refractivity contribution in [1.29, 1.82) is 0 Å². The van der Waals surface area contributed by atoms with Gasteiger partial charge in [-0.15, -0.1) is 0 Å². The van der Waals surface area contributed by atoms with Crippen LogP contribution < -0.4 is 5.32 Å². The Balaban J connectivity index is 1.64. The molecule has 0 aromatic heterocycles. The summed E-state index contributed by atoms with van der Waals surface area (Å²) in [7, 11) is -3.92. The molecule has 2 aliphatic carbocycles. The number of hydrogen-bond donors (Lipinski definition) is 2. The number of halogens is 4. The van der Waals surface area contributed by atoms with Crippen molar-refractivity contribution in [2.45, 2.75) is 29.4 Å². The van der Waals surface area contributed by atoms with E-state index in [0.29, 0.717) is 31.4 Å². The molecule has 1 fully saturated rings. The van der Waals surface area contributed by atoms with E-state index in [1.54, 1.807) is 0 Å². The molecule has 1 saturated carbocycles. The third-order valence-electron chi connectivity index (χ3n) is 6.03. The van der Waals surface area contributed by atoms with Crippen molar-refractivity contribution in [3.8, 4) is 0 Å². The van der Waals surface area contributed by atoms with Crippen LogP contribution in [-0.2, 0) is 9.84 Å². The molecule has 0 aliphatic heterocycles. The minimum atomic E-state index is -3.92. The summed E-state index contributed by atoms with van der Waals surface area (Å²) >= 11 is 6.19. The summed E-state index contributed by atoms with van der Waals surface area (Å²) < 4.78 is 66.9. The van der Waals surface area contributed by atoms with E-state index in [4.69, 9.17) is 11.6 Å². The van der Waals surface area contributed by atoms with Crippen LogP contribution in [0.3, 0.4) is 0 Å². The number of aliphatic hydroxyl groups is 1. The molecule has 3 atom stereocenters. The molecule has 2 aliphatic rings. The molecule has 2 unspecified atom stereocenters. The Morgan fingerprint density at radius 1 is 1.12 bits per heavy atom. The monoisotopic (exact) mass is 485 g/mol. The number of allylic oxidation sites excluding steroid dienone is 1. The normalized spacial score (nSPS) is 22.5. The molecule has 2 bridgehead atoms. The van der Waals surface area contributed by atoms with Crippen molar-refractivity contribution < 1.29 is 31.5 Å². The summed E-state index contributed by atoms with van der Waals surface area (Å²) in [5, 5.41) is 10.9. The lowest BCUT2D eigenvalue weighted by Crippen LogP contribution is -2.34. The van der Waals surface area contributed by atoms with Gasteiger partial charge in [0.15, 0.2) is 27.3 Å². The molecular formula is C22H19ClF3NO4S. The first-order valence-electron chi connectivity index (χ1n) is 9.91. The molecule has 1 amide bonds. The van der Waals surface area contributed by atoms with Gasteiger partial charge in [0.1, 0.15) is 0 Å². The zero-order valence-corrected chi connectivity index (χ0v) is 18.2. The van der Waals surface area contributed by atoms with Gasteiger partial charge in [0, 0.05) is 23.4 Å². The molecule has 4 rings (SSSR count). The predicted molar refractivity (Wildman–Crippen MR) is 113 cm³/mol. The number of amides is 1. The molecule has 0 radical (unpaired) electrons. The van der Waals surface area contributed by atoms with E-state index in [1.165, 1.54) is 12.1 Å². The molecule has 170 valence electrons. The number of sulfone groups is 1. The number of anilines is 1. The van der Waals surface area contributed by atoms with Crippen molar-refractivity contribution in [2.24, 2.45) is 11.8 Å². The van der Waals surface area contributed by atoms with Crippen molar-refractivity contribution in [3.05, 3.63) is 70.0 Å². The molecular weight excluding hydrogens is 467 g/mol. The van der Waals surface area contributed by atoms with Crippen LogP contribution in [0.25, 0.3) is 0 Å². The zero-order valence-electron chi connectivity index (χ0n) is 16.6. The lowest BCUT2D eigenvalue weighted by atomic mass is 9.89. The first kappa shape index (κ1) is 22.8. The zero-order chi connectivity index (χ0) is 23.2. The second-order valence-corrected chi connectivity index (χ2v) is 10.5. The second-order valence-electron chi connectivity index (χ2n) is 8.05.